The zero-order chi connectivity index (χ0) is 21.3. The van der Waals surface area contributed by atoms with E-state index in [2.05, 4.69) is 58.3 Å². The van der Waals surface area contributed by atoms with Crippen molar-refractivity contribution in [1.29, 1.82) is 0 Å². The van der Waals surface area contributed by atoms with E-state index in [4.69, 9.17) is 4.74 Å². The average molecular weight is 417 g/mol. The molecule has 0 amide bonds. The molecule has 0 saturated carbocycles. The molecule has 3 aromatic rings. The molecule has 162 valence electrons. The van der Waals surface area contributed by atoms with Crippen LogP contribution in [0.15, 0.2) is 91.0 Å². The fourth-order valence-electron chi connectivity index (χ4n) is 4.16. The number of β-amino-alcohol motifs (C(OH)–C–C–N with tert-alkyl or cyclic N) is 1. The summed E-state index contributed by atoms with van der Waals surface area (Å²) >= 11 is 0. The van der Waals surface area contributed by atoms with Crippen LogP contribution in [0.25, 0.3) is 0 Å². The van der Waals surface area contributed by atoms with Gasteiger partial charge >= 0.3 is 0 Å². The highest BCUT2D eigenvalue weighted by Gasteiger charge is 2.20. The quantitative estimate of drug-likeness (QED) is 0.569. The molecule has 4 nitrogen and oxygen atoms in total. The van der Waals surface area contributed by atoms with Crippen LogP contribution >= 0.6 is 0 Å². The first-order valence-electron chi connectivity index (χ1n) is 11.2. The van der Waals surface area contributed by atoms with Crippen molar-refractivity contribution in [3.8, 4) is 0 Å². The smallest absolute Gasteiger partial charge is 0.108 e. The van der Waals surface area contributed by atoms with E-state index >= 15 is 0 Å². The highest BCUT2D eigenvalue weighted by Crippen LogP contribution is 2.25. The van der Waals surface area contributed by atoms with E-state index in [1.54, 1.807) is 0 Å². The lowest BCUT2D eigenvalue weighted by Crippen LogP contribution is -2.48. The molecule has 0 radical (unpaired) electrons. The van der Waals surface area contributed by atoms with E-state index in [9.17, 15) is 5.11 Å². The minimum atomic E-state index is -0.423. The first-order valence-corrected chi connectivity index (χ1v) is 11.2. The van der Waals surface area contributed by atoms with E-state index in [0.717, 1.165) is 38.3 Å². The van der Waals surface area contributed by atoms with Crippen molar-refractivity contribution in [1.82, 2.24) is 9.80 Å². The van der Waals surface area contributed by atoms with E-state index in [1.807, 2.05) is 42.5 Å². The molecule has 1 N–H and O–H groups in total. The molecule has 1 atom stereocenters. The van der Waals surface area contributed by atoms with Gasteiger partial charge in [-0.25, -0.2) is 0 Å². The molecule has 0 spiro atoms. The number of aliphatic hydroxyl groups is 1. The van der Waals surface area contributed by atoms with Crippen LogP contribution < -0.4 is 0 Å². The van der Waals surface area contributed by atoms with Gasteiger partial charge in [-0.15, -0.1) is 0 Å². The van der Waals surface area contributed by atoms with Crippen LogP contribution in [0.2, 0.25) is 0 Å². The molecule has 0 unspecified atom stereocenters. The molecule has 0 aromatic heterocycles. The van der Waals surface area contributed by atoms with Crippen LogP contribution in [0.4, 0.5) is 0 Å². The third-order valence-corrected chi connectivity index (χ3v) is 5.98. The van der Waals surface area contributed by atoms with Crippen LogP contribution in [0.1, 0.15) is 28.9 Å². The maximum absolute atomic E-state index is 10.5. The molecule has 4 heteroatoms. The van der Waals surface area contributed by atoms with Crippen molar-refractivity contribution in [3.63, 3.8) is 0 Å². The minimum Gasteiger partial charge on any atom is -0.387 e. The van der Waals surface area contributed by atoms with E-state index in [-0.39, 0.29) is 6.10 Å². The maximum atomic E-state index is 10.5. The van der Waals surface area contributed by atoms with Gasteiger partial charge in [0.25, 0.3) is 0 Å². The third kappa shape index (κ3) is 6.25. The van der Waals surface area contributed by atoms with Gasteiger partial charge < -0.3 is 9.84 Å². The Bertz CT molecular complexity index is 841. The summed E-state index contributed by atoms with van der Waals surface area (Å²) in [6, 6.07) is 30.8. The maximum Gasteiger partial charge on any atom is 0.108 e. The minimum absolute atomic E-state index is 0.0373. The van der Waals surface area contributed by atoms with Crippen molar-refractivity contribution in [2.45, 2.75) is 12.2 Å². The second kappa shape index (κ2) is 11.2. The van der Waals surface area contributed by atoms with Crippen LogP contribution in [-0.4, -0.2) is 60.8 Å². The molecule has 1 saturated heterocycles. The summed E-state index contributed by atoms with van der Waals surface area (Å²) in [5.41, 5.74) is 3.37. The van der Waals surface area contributed by atoms with Crippen molar-refractivity contribution in [3.05, 3.63) is 108 Å². The zero-order valence-corrected chi connectivity index (χ0v) is 18.0. The van der Waals surface area contributed by atoms with Crippen molar-refractivity contribution in [2.24, 2.45) is 0 Å². The fraction of sp³-hybridized carbons (Fsp3) is 0.333. The Labute approximate surface area is 185 Å². The van der Waals surface area contributed by atoms with Gasteiger partial charge in [-0.2, -0.15) is 0 Å². The largest absolute Gasteiger partial charge is 0.387 e. The fourth-order valence-corrected chi connectivity index (χ4v) is 4.16. The SMILES string of the molecule is O[C@H](CN1CCN(CCOC(c2ccccc2)c2ccccc2)CC1)c1ccccc1. The first-order chi connectivity index (χ1) is 15.3. The molecule has 4 rings (SSSR count). The van der Waals surface area contributed by atoms with Crippen molar-refractivity contribution >= 4 is 0 Å². The van der Waals surface area contributed by atoms with Gasteiger partial charge in [-0.1, -0.05) is 91.0 Å². The number of rotatable bonds is 9. The Hall–Kier alpha value is -2.50. The molecule has 31 heavy (non-hydrogen) atoms. The normalized spacial score (nSPS) is 16.5. The van der Waals surface area contributed by atoms with Gasteiger partial charge in [0.15, 0.2) is 0 Å². The summed E-state index contributed by atoms with van der Waals surface area (Å²) in [7, 11) is 0. The lowest BCUT2D eigenvalue weighted by Gasteiger charge is -2.35. The molecule has 0 aliphatic carbocycles. The molecule has 1 heterocycles. The number of benzene rings is 3. The molecular weight excluding hydrogens is 384 g/mol. The van der Waals surface area contributed by atoms with E-state index < -0.39 is 6.10 Å². The summed E-state index contributed by atoms with van der Waals surface area (Å²) in [5.74, 6) is 0. The lowest BCUT2D eigenvalue weighted by molar-refractivity contribution is 0.0351. The number of ether oxygens (including phenoxy) is 1. The summed E-state index contributed by atoms with van der Waals surface area (Å²) in [5, 5.41) is 10.5. The third-order valence-electron chi connectivity index (χ3n) is 5.98. The number of piperazine rings is 1. The molecular formula is C27H32N2O2. The highest BCUT2D eigenvalue weighted by atomic mass is 16.5. The number of aliphatic hydroxyl groups excluding tert-OH is 1. The average Bonchev–Trinajstić information content (AvgIpc) is 2.84. The molecule has 1 fully saturated rings. The monoisotopic (exact) mass is 416 g/mol. The van der Waals surface area contributed by atoms with E-state index in [1.165, 1.54) is 11.1 Å². The predicted octanol–water partition coefficient (Wildman–Crippen LogP) is 4.14. The second-order valence-electron chi connectivity index (χ2n) is 8.14. The lowest BCUT2D eigenvalue weighted by atomic mass is 10.0. The summed E-state index contributed by atoms with van der Waals surface area (Å²) < 4.78 is 6.37. The van der Waals surface area contributed by atoms with Crippen molar-refractivity contribution in [2.75, 3.05) is 45.9 Å². The molecule has 1 aliphatic heterocycles. The van der Waals surface area contributed by atoms with Crippen LogP contribution in [-0.2, 0) is 4.74 Å². The number of nitrogens with zero attached hydrogens (tertiary/aromatic N) is 2. The summed E-state index contributed by atoms with van der Waals surface area (Å²) in [6.07, 6.45) is -0.460. The summed E-state index contributed by atoms with van der Waals surface area (Å²) in [6.45, 7) is 6.28. The Morgan fingerprint density at radius 1 is 0.645 bits per heavy atom. The van der Waals surface area contributed by atoms with Gasteiger partial charge in [0.05, 0.1) is 12.7 Å². The van der Waals surface area contributed by atoms with Gasteiger partial charge in [0.1, 0.15) is 6.10 Å². The van der Waals surface area contributed by atoms with E-state index in [0.29, 0.717) is 13.2 Å². The Balaban J connectivity index is 1.24. The summed E-state index contributed by atoms with van der Waals surface area (Å²) in [4.78, 5) is 4.81. The van der Waals surface area contributed by atoms with Crippen molar-refractivity contribution < 1.29 is 9.84 Å². The first kappa shape index (κ1) is 21.7. The predicted molar refractivity (Wildman–Crippen MR) is 125 cm³/mol. The van der Waals surface area contributed by atoms with Gasteiger partial charge in [-0.3, -0.25) is 9.80 Å². The Morgan fingerprint density at radius 3 is 1.61 bits per heavy atom. The van der Waals surface area contributed by atoms with Gasteiger partial charge in [-0.05, 0) is 16.7 Å². The molecule has 3 aromatic carbocycles. The standard InChI is InChI=1S/C27H32N2O2/c30-26(23-10-4-1-5-11-23)22-29-18-16-28(17-19-29)20-21-31-27(24-12-6-2-7-13-24)25-14-8-3-9-15-25/h1-15,26-27,30H,16-22H2/t26-/m1/s1. The highest BCUT2D eigenvalue weighted by molar-refractivity contribution is 5.29. The molecule has 1 aliphatic rings. The van der Waals surface area contributed by atoms with Crippen LogP contribution in [0, 0.1) is 0 Å². The zero-order valence-electron chi connectivity index (χ0n) is 18.0. The second-order valence-corrected chi connectivity index (χ2v) is 8.14. The topological polar surface area (TPSA) is 35.9 Å². The van der Waals surface area contributed by atoms with Gasteiger partial charge in [0.2, 0.25) is 0 Å². The Morgan fingerprint density at radius 2 is 1.10 bits per heavy atom. The molecule has 0 bridgehead atoms. The van der Waals surface area contributed by atoms with Gasteiger partial charge in [0, 0.05) is 39.3 Å². The van der Waals surface area contributed by atoms with Crippen LogP contribution in [0.5, 0.6) is 0 Å². The number of hydrogen-bond donors (Lipinski definition) is 1. The number of hydrogen-bond acceptors (Lipinski definition) is 4. The Kier molecular flexibility index (Phi) is 7.86. The van der Waals surface area contributed by atoms with Crippen LogP contribution in [0.3, 0.4) is 0 Å².